The molecule has 7 nitrogen and oxygen atoms in total. The minimum atomic E-state index is -1.54. The van der Waals surface area contributed by atoms with Gasteiger partial charge in [0.1, 0.15) is 17.5 Å². The van der Waals surface area contributed by atoms with Crippen LogP contribution in [0.3, 0.4) is 0 Å². The Morgan fingerprint density at radius 2 is 1.91 bits per heavy atom. The number of carbonyl (C=O) groups is 2. The molecule has 0 aliphatic heterocycles. The second kappa shape index (κ2) is 7.13. The van der Waals surface area contributed by atoms with E-state index in [0.717, 1.165) is 0 Å². The van der Waals surface area contributed by atoms with Gasteiger partial charge in [0.05, 0.1) is 7.11 Å². The lowest BCUT2D eigenvalue weighted by Gasteiger charge is -2.24. The minimum absolute atomic E-state index is 0.308. The number of methoxy groups -OCH3 is 1. The van der Waals surface area contributed by atoms with Crippen molar-refractivity contribution in [1.82, 2.24) is 5.32 Å². The molecule has 1 rings (SSSR count). The fourth-order valence-corrected chi connectivity index (χ4v) is 1.73. The third-order valence-electron chi connectivity index (χ3n) is 2.69. The molecule has 0 spiro atoms. The number of rotatable bonds is 5. The van der Waals surface area contributed by atoms with Crippen molar-refractivity contribution in [1.29, 1.82) is 0 Å². The van der Waals surface area contributed by atoms with Gasteiger partial charge in [-0.05, 0) is 38.5 Å². The van der Waals surface area contributed by atoms with Crippen LogP contribution in [-0.4, -0.2) is 41.0 Å². The van der Waals surface area contributed by atoms with Crippen LogP contribution < -0.4 is 10.1 Å². The Hall–Kier alpha value is -2.28. The van der Waals surface area contributed by atoms with Crippen molar-refractivity contribution in [3.8, 4) is 5.75 Å². The highest BCUT2D eigenvalue weighted by Crippen LogP contribution is 2.22. The Morgan fingerprint density at radius 1 is 1.27 bits per heavy atom. The maximum Gasteiger partial charge on any atom is 0.408 e. The summed E-state index contributed by atoms with van der Waals surface area (Å²) < 4.78 is 10.0. The number of benzene rings is 1. The largest absolute Gasteiger partial charge is 0.497 e. The molecule has 0 aliphatic rings. The summed E-state index contributed by atoms with van der Waals surface area (Å²) in [6.45, 7) is 4.96. The number of carboxylic acid groups (broad SMARTS) is 1. The molecule has 0 saturated heterocycles. The van der Waals surface area contributed by atoms with Gasteiger partial charge in [0.2, 0.25) is 0 Å². The molecule has 0 fully saturated rings. The van der Waals surface area contributed by atoms with Crippen molar-refractivity contribution in [2.24, 2.45) is 0 Å². The van der Waals surface area contributed by atoms with E-state index in [9.17, 15) is 19.8 Å². The summed E-state index contributed by atoms with van der Waals surface area (Å²) in [6.07, 6.45) is -2.36. The molecular weight excluding hydrogens is 290 g/mol. The summed E-state index contributed by atoms with van der Waals surface area (Å²) in [4.78, 5) is 23.0. The van der Waals surface area contributed by atoms with Gasteiger partial charge in [-0.3, -0.25) is 0 Å². The van der Waals surface area contributed by atoms with E-state index in [0.29, 0.717) is 11.3 Å². The highest BCUT2D eigenvalue weighted by Gasteiger charge is 2.31. The quantitative estimate of drug-likeness (QED) is 0.764. The lowest BCUT2D eigenvalue weighted by Crippen LogP contribution is -2.46. The molecule has 7 heteroatoms. The zero-order valence-corrected chi connectivity index (χ0v) is 13.0. The van der Waals surface area contributed by atoms with Gasteiger partial charge in [0.15, 0.2) is 6.04 Å². The average Bonchev–Trinajstić information content (AvgIpc) is 2.42. The number of nitrogens with one attached hydrogen (secondary N) is 1. The van der Waals surface area contributed by atoms with Crippen molar-refractivity contribution < 1.29 is 29.3 Å². The zero-order chi connectivity index (χ0) is 16.9. The Bertz CT molecular complexity index is 537. The van der Waals surface area contributed by atoms with Gasteiger partial charge in [0, 0.05) is 0 Å². The zero-order valence-electron chi connectivity index (χ0n) is 13.0. The highest BCUT2D eigenvalue weighted by molar-refractivity contribution is 5.80. The Balaban J connectivity index is 2.90. The van der Waals surface area contributed by atoms with Crippen LogP contribution >= 0.6 is 0 Å². The summed E-state index contributed by atoms with van der Waals surface area (Å²) in [5.74, 6) is -0.904. The van der Waals surface area contributed by atoms with Crippen LogP contribution in [0.1, 0.15) is 32.4 Å². The molecule has 0 saturated carbocycles. The Labute approximate surface area is 128 Å². The molecule has 2 atom stereocenters. The molecule has 0 bridgehead atoms. The number of carbonyl (C=O) groups excluding carboxylic acids is 1. The van der Waals surface area contributed by atoms with E-state index in [1.807, 2.05) is 0 Å². The van der Waals surface area contributed by atoms with Gasteiger partial charge < -0.3 is 25.0 Å². The van der Waals surface area contributed by atoms with Crippen LogP contribution in [0.5, 0.6) is 5.75 Å². The molecule has 1 aromatic carbocycles. The van der Waals surface area contributed by atoms with Gasteiger partial charge in [-0.15, -0.1) is 0 Å². The number of aliphatic carboxylic acids is 1. The fraction of sp³-hybridized carbons (Fsp3) is 0.467. The summed E-state index contributed by atoms with van der Waals surface area (Å²) in [5.41, 5.74) is -0.462. The van der Waals surface area contributed by atoms with Crippen LogP contribution in [0, 0.1) is 0 Å². The van der Waals surface area contributed by atoms with E-state index in [4.69, 9.17) is 9.47 Å². The van der Waals surface area contributed by atoms with Gasteiger partial charge in [-0.1, -0.05) is 12.1 Å². The highest BCUT2D eigenvalue weighted by atomic mass is 16.6. The maximum atomic E-state index is 11.7. The Morgan fingerprint density at radius 3 is 2.41 bits per heavy atom. The summed E-state index contributed by atoms with van der Waals surface area (Å²) in [6, 6.07) is 4.77. The van der Waals surface area contributed by atoms with Crippen LogP contribution in [0.15, 0.2) is 24.3 Å². The third-order valence-corrected chi connectivity index (χ3v) is 2.69. The number of alkyl carbamates (subject to hydrolysis) is 1. The average molecular weight is 311 g/mol. The van der Waals surface area contributed by atoms with Crippen molar-refractivity contribution in [2.45, 2.75) is 38.5 Å². The van der Waals surface area contributed by atoms with Crippen LogP contribution in [0.4, 0.5) is 4.79 Å². The van der Waals surface area contributed by atoms with E-state index in [2.05, 4.69) is 5.32 Å². The smallest absolute Gasteiger partial charge is 0.408 e. The first-order valence-corrected chi connectivity index (χ1v) is 6.68. The second-order valence-corrected chi connectivity index (χ2v) is 5.68. The van der Waals surface area contributed by atoms with Crippen molar-refractivity contribution in [3.05, 3.63) is 29.8 Å². The van der Waals surface area contributed by atoms with Crippen molar-refractivity contribution in [2.75, 3.05) is 7.11 Å². The molecule has 0 unspecified atom stereocenters. The standard InChI is InChI=1S/C15H21NO6/c1-15(2,3)22-14(20)16-11(13(18)19)12(17)9-6-5-7-10(8-9)21-4/h5-8,11-12,17H,1-4H3,(H,16,20)(H,18,19)/t11-,12-/m1/s1. The van der Waals surface area contributed by atoms with E-state index < -0.39 is 29.8 Å². The molecule has 0 aliphatic carbocycles. The van der Waals surface area contributed by atoms with E-state index in [1.54, 1.807) is 39.0 Å². The summed E-state index contributed by atoms with van der Waals surface area (Å²) in [5, 5.41) is 21.6. The molecule has 0 aromatic heterocycles. The lowest BCUT2D eigenvalue weighted by molar-refractivity contribution is -0.142. The number of hydrogen-bond acceptors (Lipinski definition) is 5. The minimum Gasteiger partial charge on any atom is -0.497 e. The van der Waals surface area contributed by atoms with Crippen LogP contribution in [0.2, 0.25) is 0 Å². The van der Waals surface area contributed by atoms with E-state index >= 15 is 0 Å². The van der Waals surface area contributed by atoms with Crippen LogP contribution in [0.25, 0.3) is 0 Å². The third kappa shape index (κ3) is 5.25. The van der Waals surface area contributed by atoms with Gasteiger partial charge in [0.25, 0.3) is 0 Å². The Kier molecular flexibility index (Phi) is 5.76. The van der Waals surface area contributed by atoms with Gasteiger partial charge in [-0.2, -0.15) is 0 Å². The lowest BCUT2D eigenvalue weighted by atomic mass is 10.0. The first kappa shape index (κ1) is 17.8. The van der Waals surface area contributed by atoms with Gasteiger partial charge >= 0.3 is 12.1 Å². The predicted molar refractivity (Wildman–Crippen MR) is 78.7 cm³/mol. The molecule has 1 amide bonds. The van der Waals surface area contributed by atoms with E-state index in [1.165, 1.54) is 13.2 Å². The second-order valence-electron chi connectivity index (χ2n) is 5.68. The molecule has 22 heavy (non-hydrogen) atoms. The predicted octanol–water partition coefficient (Wildman–Crippen LogP) is 1.71. The molecular formula is C15H21NO6. The first-order chi connectivity index (χ1) is 10.1. The van der Waals surface area contributed by atoms with Gasteiger partial charge in [-0.25, -0.2) is 9.59 Å². The van der Waals surface area contributed by atoms with E-state index in [-0.39, 0.29) is 0 Å². The van der Waals surface area contributed by atoms with Crippen molar-refractivity contribution in [3.63, 3.8) is 0 Å². The number of hydrogen-bond donors (Lipinski definition) is 3. The fourth-order valence-electron chi connectivity index (χ4n) is 1.73. The summed E-state index contributed by atoms with van der Waals surface area (Å²) >= 11 is 0. The number of amides is 1. The SMILES string of the molecule is COc1cccc([C@@H](O)[C@@H](NC(=O)OC(C)(C)C)C(=O)O)c1. The molecule has 0 heterocycles. The van der Waals surface area contributed by atoms with Crippen LogP contribution in [-0.2, 0) is 9.53 Å². The van der Waals surface area contributed by atoms with Crippen molar-refractivity contribution >= 4 is 12.1 Å². The molecule has 0 radical (unpaired) electrons. The molecule has 3 N–H and O–H groups in total. The number of aliphatic hydroxyl groups excluding tert-OH is 1. The molecule has 1 aromatic rings. The normalized spacial score (nSPS) is 13.9. The number of carboxylic acids is 1. The topological polar surface area (TPSA) is 105 Å². The monoisotopic (exact) mass is 311 g/mol. The molecule has 122 valence electrons. The maximum absolute atomic E-state index is 11.7. The first-order valence-electron chi connectivity index (χ1n) is 6.68. The number of ether oxygens (including phenoxy) is 2. The summed E-state index contributed by atoms with van der Waals surface area (Å²) in [7, 11) is 1.46. The number of aliphatic hydroxyl groups is 1.